The molecule has 1 unspecified atom stereocenters. The first-order chi connectivity index (χ1) is 10.6. The summed E-state index contributed by atoms with van der Waals surface area (Å²) in [5.41, 5.74) is 2.93. The molecule has 2 aromatic rings. The average molecular weight is 300 g/mol. The van der Waals surface area contributed by atoms with E-state index in [0.29, 0.717) is 5.75 Å². The van der Waals surface area contributed by atoms with Gasteiger partial charge in [-0.25, -0.2) is 0 Å². The van der Waals surface area contributed by atoms with E-state index in [1.165, 1.54) is 0 Å². The van der Waals surface area contributed by atoms with E-state index in [0.717, 1.165) is 28.2 Å². The van der Waals surface area contributed by atoms with E-state index >= 15 is 0 Å². The fourth-order valence-corrected chi connectivity index (χ4v) is 3.08. The fraction of sp³-hybridized carbons (Fsp3) is 0.333. The summed E-state index contributed by atoms with van der Waals surface area (Å²) in [5.74, 6) is 2.41. The molecular formula is C18H20O4. The third-order valence-electron chi connectivity index (χ3n) is 4.31. The summed E-state index contributed by atoms with van der Waals surface area (Å²) in [5, 5.41) is 10.1. The van der Waals surface area contributed by atoms with Gasteiger partial charge >= 0.3 is 0 Å². The molecule has 0 fully saturated rings. The quantitative estimate of drug-likeness (QED) is 0.932. The van der Waals surface area contributed by atoms with Crippen LogP contribution < -0.4 is 14.2 Å². The monoisotopic (exact) mass is 300 g/mol. The highest BCUT2D eigenvalue weighted by Crippen LogP contribution is 2.52. The molecule has 0 aromatic heterocycles. The molecule has 3 rings (SSSR count). The van der Waals surface area contributed by atoms with Crippen LogP contribution in [-0.4, -0.2) is 19.3 Å². The van der Waals surface area contributed by atoms with Crippen molar-refractivity contribution >= 4 is 0 Å². The Morgan fingerprint density at radius 2 is 1.77 bits per heavy atom. The van der Waals surface area contributed by atoms with Gasteiger partial charge in [-0.3, -0.25) is 0 Å². The number of fused-ring (bicyclic) bond motifs is 1. The lowest BCUT2D eigenvalue weighted by atomic mass is 9.92. The number of benzene rings is 2. The van der Waals surface area contributed by atoms with Crippen molar-refractivity contribution in [3.05, 3.63) is 47.0 Å². The largest absolute Gasteiger partial charge is 0.504 e. The Kier molecular flexibility index (Phi) is 3.61. The van der Waals surface area contributed by atoms with Gasteiger partial charge in [-0.05, 0) is 30.7 Å². The van der Waals surface area contributed by atoms with Crippen LogP contribution in [0.15, 0.2) is 30.3 Å². The number of hydrogen-bond donors (Lipinski definition) is 1. The molecule has 1 heterocycles. The first kappa shape index (κ1) is 14.6. The predicted molar refractivity (Wildman–Crippen MR) is 84.2 cm³/mol. The zero-order valence-corrected chi connectivity index (χ0v) is 13.2. The van der Waals surface area contributed by atoms with Gasteiger partial charge in [0.05, 0.1) is 14.2 Å². The number of hydrogen-bond acceptors (Lipinski definition) is 4. The molecule has 0 radical (unpaired) electrons. The molecular weight excluding hydrogens is 280 g/mol. The summed E-state index contributed by atoms with van der Waals surface area (Å²) >= 11 is 0. The maximum absolute atomic E-state index is 10.1. The predicted octanol–water partition coefficient (Wildman–Crippen LogP) is 3.96. The number of methoxy groups -OCH3 is 2. The lowest BCUT2D eigenvalue weighted by Gasteiger charge is -2.16. The average Bonchev–Trinajstić information content (AvgIpc) is 2.85. The molecule has 0 spiro atoms. The van der Waals surface area contributed by atoms with Crippen LogP contribution >= 0.6 is 0 Å². The Balaban J connectivity index is 1.99. The summed E-state index contributed by atoms with van der Waals surface area (Å²) in [4.78, 5) is 0. The van der Waals surface area contributed by atoms with E-state index in [4.69, 9.17) is 14.2 Å². The van der Waals surface area contributed by atoms with Crippen LogP contribution in [0.1, 0.15) is 35.6 Å². The van der Waals surface area contributed by atoms with Gasteiger partial charge in [0.2, 0.25) is 0 Å². The molecule has 1 N–H and O–H groups in total. The lowest BCUT2D eigenvalue weighted by Crippen LogP contribution is -2.07. The SMILES string of the molecule is COc1ccc(C2Oc3c(cc(O)c(OC)c3C)[C@H]2C)cc1. The van der Waals surface area contributed by atoms with E-state index in [1.807, 2.05) is 31.2 Å². The van der Waals surface area contributed by atoms with Crippen molar-refractivity contribution in [1.82, 2.24) is 0 Å². The number of ether oxygens (including phenoxy) is 3. The van der Waals surface area contributed by atoms with E-state index in [2.05, 4.69) is 6.92 Å². The van der Waals surface area contributed by atoms with Gasteiger partial charge in [0, 0.05) is 17.0 Å². The second kappa shape index (κ2) is 5.44. The van der Waals surface area contributed by atoms with Gasteiger partial charge in [-0.15, -0.1) is 0 Å². The maximum atomic E-state index is 10.1. The lowest BCUT2D eigenvalue weighted by molar-refractivity contribution is 0.214. The summed E-state index contributed by atoms with van der Waals surface area (Å²) in [6.45, 7) is 4.01. The minimum atomic E-state index is -0.0777. The van der Waals surface area contributed by atoms with E-state index in [-0.39, 0.29) is 17.8 Å². The molecule has 1 aliphatic heterocycles. The molecule has 0 amide bonds. The zero-order valence-electron chi connectivity index (χ0n) is 13.2. The van der Waals surface area contributed by atoms with Crippen LogP contribution in [0.25, 0.3) is 0 Å². The van der Waals surface area contributed by atoms with E-state index in [1.54, 1.807) is 20.3 Å². The first-order valence-corrected chi connectivity index (χ1v) is 7.27. The standard InChI is InChI=1S/C18H20O4/c1-10-14-9-15(19)18(21-4)11(2)17(14)22-16(10)12-5-7-13(20-3)8-6-12/h5-10,16,19H,1-4H3/t10-,16?/m1/s1. The Labute approximate surface area is 130 Å². The normalized spacial score (nSPS) is 19.5. The first-order valence-electron chi connectivity index (χ1n) is 7.27. The van der Waals surface area contributed by atoms with Crippen molar-refractivity contribution in [1.29, 1.82) is 0 Å². The Hall–Kier alpha value is -2.36. The molecule has 0 saturated carbocycles. The minimum absolute atomic E-state index is 0.0777. The van der Waals surface area contributed by atoms with Crippen LogP contribution in [-0.2, 0) is 0 Å². The Morgan fingerprint density at radius 1 is 1.09 bits per heavy atom. The van der Waals surface area contributed by atoms with Crippen molar-refractivity contribution in [2.45, 2.75) is 25.9 Å². The third kappa shape index (κ3) is 2.15. The van der Waals surface area contributed by atoms with Crippen LogP contribution in [0, 0.1) is 6.92 Å². The highest BCUT2D eigenvalue weighted by atomic mass is 16.5. The van der Waals surface area contributed by atoms with E-state index < -0.39 is 0 Å². The molecule has 0 bridgehead atoms. The Morgan fingerprint density at radius 3 is 2.36 bits per heavy atom. The summed E-state index contributed by atoms with van der Waals surface area (Å²) < 4.78 is 16.6. The summed E-state index contributed by atoms with van der Waals surface area (Å²) in [7, 11) is 3.20. The van der Waals surface area contributed by atoms with Crippen molar-refractivity contribution < 1.29 is 19.3 Å². The molecule has 2 atom stereocenters. The van der Waals surface area contributed by atoms with Gasteiger partial charge in [-0.2, -0.15) is 0 Å². The van der Waals surface area contributed by atoms with E-state index in [9.17, 15) is 5.11 Å². The molecule has 0 saturated heterocycles. The van der Waals surface area contributed by atoms with Gasteiger partial charge < -0.3 is 19.3 Å². The molecule has 116 valence electrons. The molecule has 4 heteroatoms. The summed E-state index contributed by atoms with van der Waals surface area (Å²) in [6.07, 6.45) is -0.0777. The second-order valence-electron chi connectivity index (χ2n) is 5.57. The second-order valence-corrected chi connectivity index (χ2v) is 5.57. The smallest absolute Gasteiger partial charge is 0.167 e. The highest BCUT2D eigenvalue weighted by Gasteiger charge is 2.35. The van der Waals surface area contributed by atoms with Crippen LogP contribution in [0.5, 0.6) is 23.0 Å². The van der Waals surface area contributed by atoms with Crippen molar-refractivity contribution in [3.63, 3.8) is 0 Å². The number of aromatic hydroxyl groups is 1. The van der Waals surface area contributed by atoms with Gasteiger partial charge in [-0.1, -0.05) is 19.1 Å². The highest BCUT2D eigenvalue weighted by molar-refractivity contribution is 5.60. The van der Waals surface area contributed by atoms with Crippen LogP contribution in [0.4, 0.5) is 0 Å². The topological polar surface area (TPSA) is 47.9 Å². The van der Waals surface area contributed by atoms with Crippen molar-refractivity contribution in [3.8, 4) is 23.0 Å². The zero-order chi connectivity index (χ0) is 15.9. The molecule has 0 aliphatic carbocycles. The van der Waals surface area contributed by atoms with Crippen molar-refractivity contribution in [2.75, 3.05) is 14.2 Å². The van der Waals surface area contributed by atoms with Gasteiger partial charge in [0.1, 0.15) is 17.6 Å². The fourth-order valence-electron chi connectivity index (χ4n) is 3.08. The third-order valence-corrected chi connectivity index (χ3v) is 4.31. The maximum Gasteiger partial charge on any atom is 0.167 e. The van der Waals surface area contributed by atoms with Crippen LogP contribution in [0.2, 0.25) is 0 Å². The van der Waals surface area contributed by atoms with Crippen LogP contribution in [0.3, 0.4) is 0 Å². The number of phenols is 1. The minimum Gasteiger partial charge on any atom is -0.504 e. The van der Waals surface area contributed by atoms with Gasteiger partial charge in [0.15, 0.2) is 11.5 Å². The van der Waals surface area contributed by atoms with Crippen molar-refractivity contribution in [2.24, 2.45) is 0 Å². The number of rotatable bonds is 3. The Bertz CT molecular complexity index is 691. The molecule has 1 aliphatic rings. The van der Waals surface area contributed by atoms with Gasteiger partial charge in [0.25, 0.3) is 0 Å². The molecule has 2 aromatic carbocycles. The summed E-state index contributed by atoms with van der Waals surface area (Å²) in [6, 6.07) is 9.63. The number of phenolic OH excluding ortho intramolecular Hbond substituents is 1. The molecule has 4 nitrogen and oxygen atoms in total. The molecule has 22 heavy (non-hydrogen) atoms.